The molecule has 2 aromatic rings. The first-order chi connectivity index (χ1) is 12.4. The van der Waals surface area contributed by atoms with Crippen molar-refractivity contribution >= 4 is 11.6 Å². The molecule has 0 radical (unpaired) electrons. The topological polar surface area (TPSA) is 38.3 Å². The molecule has 138 valence electrons. The molecule has 2 aromatic carbocycles. The number of hydrogen-bond donors (Lipinski definition) is 1. The van der Waals surface area contributed by atoms with Crippen LogP contribution in [0.25, 0.3) is 0 Å². The molecule has 1 N–H and O–H groups in total. The van der Waals surface area contributed by atoms with Gasteiger partial charge in [-0.05, 0) is 65.5 Å². The number of hydrogen-bond acceptors (Lipinski definition) is 2. The smallest absolute Gasteiger partial charge is 0.228 e. The minimum Gasteiger partial charge on any atom is -0.495 e. The van der Waals surface area contributed by atoms with Crippen molar-refractivity contribution in [3.63, 3.8) is 0 Å². The van der Waals surface area contributed by atoms with Gasteiger partial charge in [0.05, 0.1) is 19.2 Å². The fourth-order valence-corrected chi connectivity index (χ4v) is 3.55. The summed E-state index contributed by atoms with van der Waals surface area (Å²) in [5.41, 5.74) is 5.86. The van der Waals surface area contributed by atoms with Crippen LogP contribution in [0.3, 0.4) is 0 Å². The van der Waals surface area contributed by atoms with Crippen molar-refractivity contribution < 1.29 is 9.53 Å². The predicted octanol–water partition coefficient (Wildman–Crippen LogP) is 5.05. The molecule has 0 aromatic heterocycles. The maximum Gasteiger partial charge on any atom is 0.228 e. The molecule has 3 nitrogen and oxygen atoms in total. The number of ether oxygens (including phenoxy) is 1. The van der Waals surface area contributed by atoms with E-state index in [0.717, 1.165) is 17.7 Å². The molecule has 1 aliphatic rings. The van der Waals surface area contributed by atoms with Gasteiger partial charge in [0.2, 0.25) is 5.91 Å². The number of aryl methyl sites for hydroxylation is 2. The highest BCUT2D eigenvalue weighted by atomic mass is 16.5. The van der Waals surface area contributed by atoms with E-state index in [9.17, 15) is 4.79 Å². The molecule has 26 heavy (non-hydrogen) atoms. The molecule has 0 heterocycles. The largest absolute Gasteiger partial charge is 0.495 e. The molecule has 0 atom stereocenters. The highest BCUT2D eigenvalue weighted by molar-refractivity contribution is 5.93. The maximum atomic E-state index is 12.6. The highest BCUT2D eigenvalue weighted by Gasteiger charge is 2.17. The monoisotopic (exact) mass is 351 g/mol. The molecule has 0 fully saturated rings. The lowest BCUT2D eigenvalue weighted by molar-refractivity contribution is -0.115. The van der Waals surface area contributed by atoms with Crippen molar-refractivity contribution in [1.82, 2.24) is 0 Å². The Morgan fingerprint density at radius 3 is 2.46 bits per heavy atom. The van der Waals surface area contributed by atoms with Crippen LogP contribution >= 0.6 is 0 Å². The van der Waals surface area contributed by atoms with E-state index in [2.05, 4.69) is 50.4 Å². The number of carbonyl (C=O) groups is 1. The zero-order chi connectivity index (χ0) is 18.7. The number of anilines is 1. The van der Waals surface area contributed by atoms with E-state index in [1.165, 1.54) is 36.0 Å². The third-order valence-corrected chi connectivity index (χ3v) is 5.12. The Hall–Kier alpha value is -2.29. The molecule has 1 aliphatic carbocycles. The Bertz CT molecular complexity index is 802. The Labute approximate surface area is 156 Å². The van der Waals surface area contributed by atoms with Crippen LogP contribution in [0, 0.1) is 0 Å². The van der Waals surface area contributed by atoms with Crippen LogP contribution in [0.15, 0.2) is 36.4 Å². The molecule has 0 unspecified atom stereocenters. The van der Waals surface area contributed by atoms with Gasteiger partial charge in [0.15, 0.2) is 0 Å². The maximum absolute atomic E-state index is 12.6. The van der Waals surface area contributed by atoms with Crippen molar-refractivity contribution in [2.24, 2.45) is 0 Å². The predicted molar refractivity (Wildman–Crippen MR) is 107 cm³/mol. The number of fused-ring (bicyclic) bond motifs is 1. The summed E-state index contributed by atoms with van der Waals surface area (Å²) in [5.74, 6) is 0.682. The quantitative estimate of drug-likeness (QED) is 0.837. The minimum atomic E-state index is -0.00915. The van der Waals surface area contributed by atoms with Crippen LogP contribution in [0.1, 0.15) is 55.9 Å². The average molecular weight is 351 g/mol. The van der Waals surface area contributed by atoms with Crippen LogP contribution < -0.4 is 10.1 Å². The number of carbonyl (C=O) groups excluding carboxylic acids is 1. The molecule has 0 bridgehead atoms. The van der Waals surface area contributed by atoms with Crippen molar-refractivity contribution in [2.75, 3.05) is 12.4 Å². The van der Waals surface area contributed by atoms with Gasteiger partial charge in [-0.1, -0.05) is 45.0 Å². The first-order valence-electron chi connectivity index (χ1n) is 9.46. The first-order valence-corrected chi connectivity index (χ1v) is 9.46. The van der Waals surface area contributed by atoms with Gasteiger partial charge in [0.1, 0.15) is 5.75 Å². The zero-order valence-electron chi connectivity index (χ0n) is 16.3. The van der Waals surface area contributed by atoms with Crippen molar-refractivity contribution in [3.8, 4) is 5.75 Å². The van der Waals surface area contributed by atoms with Crippen molar-refractivity contribution in [1.29, 1.82) is 0 Å². The van der Waals surface area contributed by atoms with E-state index in [1.54, 1.807) is 7.11 Å². The average Bonchev–Trinajstić information content (AvgIpc) is 2.60. The number of rotatable bonds is 4. The second kappa shape index (κ2) is 7.53. The molecular formula is C23H29NO2. The highest BCUT2D eigenvalue weighted by Crippen LogP contribution is 2.31. The van der Waals surface area contributed by atoms with Gasteiger partial charge in [-0.25, -0.2) is 0 Å². The second-order valence-electron chi connectivity index (χ2n) is 8.20. The Kier molecular flexibility index (Phi) is 5.36. The van der Waals surface area contributed by atoms with E-state index >= 15 is 0 Å². The third kappa shape index (κ3) is 4.27. The Balaban J connectivity index is 1.75. The number of nitrogens with one attached hydrogen (secondary N) is 1. The Morgan fingerprint density at radius 1 is 1.04 bits per heavy atom. The summed E-state index contributed by atoms with van der Waals surface area (Å²) in [7, 11) is 1.63. The summed E-state index contributed by atoms with van der Waals surface area (Å²) in [6.07, 6.45) is 5.21. The van der Waals surface area contributed by atoms with Gasteiger partial charge in [-0.15, -0.1) is 0 Å². The summed E-state index contributed by atoms with van der Waals surface area (Å²) >= 11 is 0. The second-order valence-corrected chi connectivity index (χ2v) is 8.20. The Morgan fingerprint density at radius 2 is 1.77 bits per heavy atom. The summed E-state index contributed by atoms with van der Waals surface area (Å²) in [6, 6.07) is 12.5. The molecule has 0 aliphatic heterocycles. The van der Waals surface area contributed by atoms with Crippen LogP contribution in [0.4, 0.5) is 5.69 Å². The van der Waals surface area contributed by atoms with Gasteiger partial charge in [-0.2, -0.15) is 0 Å². The number of methoxy groups -OCH3 is 1. The van der Waals surface area contributed by atoms with Gasteiger partial charge < -0.3 is 10.1 Å². The zero-order valence-corrected chi connectivity index (χ0v) is 16.3. The van der Waals surface area contributed by atoms with Gasteiger partial charge >= 0.3 is 0 Å². The number of amides is 1. The fourth-order valence-electron chi connectivity index (χ4n) is 3.55. The van der Waals surface area contributed by atoms with E-state index < -0.39 is 0 Å². The summed E-state index contributed by atoms with van der Waals surface area (Å²) in [6.45, 7) is 6.48. The van der Waals surface area contributed by atoms with E-state index in [1.807, 2.05) is 12.1 Å². The van der Waals surface area contributed by atoms with Gasteiger partial charge in [-0.3, -0.25) is 4.79 Å². The molecule has 3 heteroatoms. The SMILES string of the molecule is COc1ccc(C(C)(C)C)cc1NC(=O)Cc1ccc2c(c1)CCCC2. The standard InChI is InChI=1S/C23H29NO2/c1-23(2,3)19-11-12-21(26-4)20(15-19)24-22(25)14-16-9-10-17-7-5-6-8-18(17)13-16/h9-13,15H,5-8,14H2,1-4H3,(H,24,25). The lowest BCUT2D eigenvalue weighted by Crippen LogP contribution is -2.17. The van der Waals surface area contributed by atoms with E-state index in [0.29, 0.717) is 12.2 Å². The van der Waals surface area contributed by atoms with E-state index in [-0.39, 0.29) is 11.3 Å². The number of benzene rings is 2. The van der Waals surface area contributed by atoms with Crippen molar-refractivity contribution in [3.05, 3.63) is 58.7 Å². The third-order valence-electron chi connectivity index (χ3n) is 5.12. The summed E-state index contributed by atoms with van der Waals surface area (Å²) in [5, 5.41) is 3.04. The van der Waals surface area contributed by atoms with E-state index in [4.69, 9.17) is 4.74 Å². The summed E-state index contributed by atoms with van der Waals surface area (Å²) < 4.78 is 5.42. The molecule has 3 rings (SSSR count). The lowest BCUT2D eigenvalue weighted by Gasteiger charge is -2.21. The van der Waals surface area contributed by atoms with Crippen LogP contribution in [-0.2, 0) is 29.5 Å². The fraction of sp³-hybridized carbons (Fsp3) is 0.435. The van der Waals surface area contributed by atoms with Crippen LogP contribution in [-0.4, -0.2) is 13.0 Å². The molecule has 0 saturated heterocycles. The van der Waals surface area contributed by atoms with Crippen LogP contribution in [0.5, 0.6) is 5.75 Å². The minimum absolute atomic E-state index is 0.00915. The van der Waals surface area contributed by atoms with Gasteiger partial charge in [0.25, 0.3) is 0 Å². The van der Waals surface area contributed by atoms with Crippen molar-refractivity contribution in [2.45, 2.75) is 58.3 Å². The molecule has 0 saturated carbocycles. The lowest BCUT2D eigenvalue weighted by atomic mass is 9.87. The molecule has 0 spiro atoms. The summed E-state index contributed by atoms with van der Waals surface area (Å²) in [4.78, 5) is 12.6. The molecular weight excluding hydrogens is 322 g/mol. The van der Waals surface area contributed by atoms with Crippen LogP contribution in [0.2, 0.25) is 0 Å². The molecule has 1 amide bonds. The normalized spacial score (nSPS) is 13.8. The van der Waals surface area contributed by atoms with Gasteiger partial charge in [0, 0.05) is 0 Å². The first kappa shape index (κ1) is 18.5.